The number of nitrogens with zero attached hydrogens (tertiary/aromatic N) is 3. The summed E-state index contributed by atoms with van der Waals surface area (Å²) in [6.07, 6.45) is 5.52. The summed E-state index contributed by atoms with van der Waals surface area (Å²) in [4.78, 5) is 21.6. The Kier molecular flexibility index (Phi) is 5.08. The molecule has 2 heterocycles. The fourth-order valence-corrected chi connectivity index (χ4v) is 3.25. The SMILES string of the molecule is O=C(O)N1CCc2nc(-c3ccc(/C=C/c4ccc(Cl)cc4)cc3)ncc2C1. The number of carboxylic acid groups (broad SMARTS) is 1. The molecule has 0 spiro atoms. The molecule has 3 aromatic rings. The van der Waals surface area contributed by atoms with Crippen LogP contribution in [0.3, 0.4) is 0 Å². The van der Waals surface area contributed by atoms with E-state index in [1.165, 1.54) is 4.90 Å². The van der Waals surface area contributed by atoms with Crippen molar-refractivity contribution in [1.29, 1.82) is 0 Å². The van der Waals surface area contributed by atoms with Gasteiger partial charge in [-0.05, 0) is 23.3 Å². The van der Waals surface area contributed by atoms with Gasteiger partial charge in [-0.15, -0.1) is 0 Å². The largest absolute Gasteiger partial charge is 0.465 e. The molecule has 0 atom stereocenters. The Morgan fingerprint density at radius 3 is 2.32 bits per heavy atom. The van der Waals surface area contributed by atoms with Gasteiger partial charge in [0.2, 0.25) is 0 Å². The van der Waals surface area contributed by atoms with Crippen molar-refractivity contribution in [3.8, 4) is 11.4 Å². The minimum absolute atomic E-state index is 0.347. The molecule has 0 saturated carbocycles. The summed E-state index contributed by atoms with van der Waals surface area (Å²) in [5.74, 6) is 0.663. The van der Waals surface area contributed by atoms with Gasteiger partial charge in [-0.3, -0.25) is 0 Å². The second-order valence-electron chi connectivity index (χ2n) is 6.63. The van der Waals surface area contributed by atoms with Gasteiger partial charge >= 0.3 is 6.09 Å². The number of halogens is 1. The van der Waals surface area contributed by atoms with Crippen LogP contribution in [0, 0.1) is 0 Å². The number of fused-ring (bicyclic) bond motifs is 1. The van der Waals surface area contributed by atoms with E-state index in [1.54, 1.807) is 6.20 Å². The number of rotatable bonds is 3. The fraction of sp³-hybridized carbons (Fsp3) is 0.136. The second kappa shape index (κ2) is 7.82. The average Bonchev–Trinajstić information content (AvgIpc) is 2.73. The molecule has 2 aromatic carbocycles. The molecule has 4 rings (SSSR count). The summed E-state index contributed by atoms with van der Waals surface area (Å²) < 4.78 is 0. The first-order chi connectivity index (χ1) is 13.6. The molecular formula is C22H18ClN3O2. The van der Waals surface area contributed by atoms with E-state index in [0.717, 1.165) is 33.0 Å². The fourth-order valence-electron chi connectivity index (χ4n) is 3.13. The highest BCUT2D eigenvalue weighted by Gasteiger charge is 2.21. The van der Waals surface area contributed by atoms with E-state index in [9.17, 15) is 4.79 Å². The first kappa shape index (κ1) is 18.2. The standard InChI is InChI=1S/C22H18ClN3O2/c23-19-9-5-16(6-10-19)2-1-15-3-7-17(8-4-15)21-24-13-18-14-26(22(27)28)12-11-20(18)25-21/h1-10,13H,11-12,14H2,(H,27,28)/b2-1+. The lowest BCUT2D eigenvalue weighted by atomic mass is 10.1. The maximum atomic E-state index is 11.1. The average molecular weight is 392 g/mol. The summed E-state index contributed by atoms with van der Waals surface area (Å²) in [6.45, 7) is 0.812. The van der Waals surface area contributed by atoms with Gasteiger partial charge in [0.15, 0.2) is 5.82 Å². The van der Waals surface area contributed by atoms with E-state index >= 15 is 0 Å². The normalized spacial score (nSPS) is 13.5. The Bertz CT molecular complexity index is 1030. The Balaban J connectivity index is 1.50. The third-order valence-electron chi connectivity index (χ3n) is 4.71. The van der Waals surface area contributed by atoms with Gasteiger partial charge in [-0.25, -0.2) is 14.8 Å². The third kappa shape index (κ3) is 4.05. The first-order valence-electron chi connectivity index (χ1n) is 8.95. The lowest BCUT2D eigenvalue weighted by molar-refractivity contribution is 0.139. The van der Waals surface area contributed by atoms with E-state index in [1.807, 2.05) is 60.7 Å². The summed E-state index contributed by atoms with van der Waals surface area (Å²) in [7, 11) is 0. The molecular weight excluding hydrogens is 374 g/mol. The zero-order chi connectivity index (χ0) is 19.5. The van der Waals surface area contributed by atoms with Crippen molar-refractivity contribution in [3.63, 3.8) is 0 Å². The van der Waals surface area contributed by atoms with E-state index < -0.39 is 6.09 Å². The maximum Gasteiger partial charge on any atom is 0.407 e. The van der Waals surface area contributed by atoms with Gasteiger partial charge in [-0.2, -0.15) is 0 Å². The first-order valence-corrected chi connectivity index (χ1v) is 9.33. The van der Waals surface area contributed by atoms with Crippen LogP contribution in [0.2, 0.25) is 5.02 Å². The highest BCUT2D eigenvalue weighted by molar-refractivity contribution is 6.30. The molecule has 1 aliphatic rings. The molecule has 6 heteroatoms. The summed E-state index contributed by atoms with van der Waals surface area (Å²) >= 11 is 5.91. The molecule has 0 radical (unpaired) electrons. The Morgan fingerprint density at radius 2 is 1.68 bits per heavy atom. The molecule has 1 aliphatic heterocycles. The van der Waals surface area contributed by atoms with Crippen molar-refractivity contribution in [3.05, 3.63) is 82.1 Å². The minimum Gasteiger partial charge on any atom is -0.465 e. The molecule has 0 aliphatic carbocycles. The van der Waals surface area contributed by atoms with Crippen LogP contribution in [-0.2, 0) is 13.0 Å². The quantitative estimate of drug-likeness (QED) is 0.638. The molecule has 1 amide bonds. The molecule has 1 N–H and O–H groups in total. The van der Waals surface area contributed by atoms with Gasteiger partial charge in [0.1, 0.15) is 0 Å². The molecule has 0 saturated heterocycles. The Hall–Kier alpha value is -3.18. The van der Waals surface area contributed by atoms with Crippen LogP contribution in [0.5, 0.6) is 0 Å². The number of aromatic nitrogens is 2. The highest BCUT2D eigenvalue weighted by atomic mass is 35.5. The second-order valence-corrected chi connectivity index (χ2v) is 7.06. The van der Waals surface area contributed by atoms with Crippen LogP contribution in [0.4, 0.5) is 4.79 Å². The number of hydrogen-bond donors (Lipinski definition) is 1. The van der Waals surface area contributed by atoms with Gasteiger partial charge in [-0.1, -0.05) is 60.2 Å². The molecule has 1 aromatic heterocycles. The van der Waals surface area contributed by atoms with Crippen molar-refractivity contribution in [2.24, 2.45) is 0 Å². The van der Waals surface area contributed by atoms with Crippen LogP contribution in [0.15, 0.2) is 54.7 Å². The smallest absolute Gasteiger partial charge is 0.407 e. The van der Waals surface area contributed by atoms with Crippen molar-refractivity contribution < 1.29 is 9.90 Å². The zero-order valence-electron chi connectivity index (χ0n) is 15.0. The van der Waals surface area contributed by atoms with Crippen LogP contribution in [-0.4, -0.2) is 32.6 Å². The summed E-state index contributed by atoms with van der Waals surface area (Å²) in [5.41, 5.74) is 4.90. The monoisotopic (exact) mass is 391 g/mol. The Morgan fingerprint density at radius 1 is 1.04 bits per heavy atom. The van der Waals surface area contributed by atoms with Crippen LogP contribution in [0.1, 0.15) is 22.4 Å². The molecule has 28 heavy (non-hydrogen) atoms. The predicted octanol–water partition coefficient (Wildman–Crippen LogP) is 5.00. The van der Waals surface area contributed by atoms with Gasteiger partial charge in [0, 0.05) is 35.3 Å². The van der Waals surface area contributed by atoms with Crippen molar-refractivity contribution >= 4 is 29.8 Å². The molecule has 5 nitrogen and oxygen atoms in total. The predicted molar refractivity (Wildman–Crippen MR) is 110 cm³/mol. The van der Waals surface area contributed by atoms with Crippen LogP contribution < -0.4 is 0 Å². The molecule has 140 valence electrons. The number of amides is 1. The van der Waals surface area contributed by atoms with Gasteiger partial charge < -0.3 is 10.0 Å². The third-order valence-corrected chi connectivity index (χ3v) is 4.96. The van der Waals surface area contributed by atoms with Crippen LogP contribution >= 0.6 is 11.6 Å². The van der Waals surface area contributed by atoms with E-state index in [-0.39, 0.29) is 0 Å². The lowest BCUT2D eigenvalue weighted by Gasteiger charge is -2.25. The minimum atomic E-state index is -0.906. The molecule has 0 bridgehead atoms. The summed E-state index contributed by atoms with van der Waals surface area (Å²) in [5, 5.41) is 9.85. The van der Waals surface area contributed by atoms with Crippen molar-refractivity contribution in [2.75, 3.05) is 6.54 Å². The number of hydrogen-bond acceptors (Lipinski definition) is 3. The zero-order valence-corrected chi connectivity index (χ0v) is 15.8. The Labute approximate surface area is 167 Å². The van der Waals surface area contributed by atoms with Crippen LogP contribution in [0.25, 0.3) is 23.5 Å². The van der Waals surface area contributed by atoms with Crippen molar-refractivity contribution in [1.82, 2.24) is 14.9 Å². The highest BCUT2D eigenvalue weighted by Crippen LogP contribution is 2.22. The maximum absolute atomic E-state index is 11.1. The van der Waals surface area contributed by atoms with Crippen molar-refractivity contribution in [2.45, 2.75) is 13.0 Å². The van der Waals surface area contributed by atoms with Gasteiger partial charge in [0.25, 0.3) is 0 Å². The molecule has 0 unspecified atom stereocenters. The van der Waals surface area contributed by atoms with Gasteiger partial charge in [0.05, 0.1) is 12.2 Å². The number of benzene rings is 2. The van der Waals surface area contributed by atoms with E-state index in [4.69, 9.17) is 16.7 Å². The summed E-state index contributed by atoms with van der Waals surface area (Å²) in [6, 6.07) is 15.7. The lowest BCUT2D eigenvalue weighted by Crippen LogP contribution is -2.35. The molecule has 0 fully saturated rings. The number of carbonyl (C=O) groups is 1. The topological polar surface area (TPSA) is 66.3 Å². The van der Waals surface area contributed by atoms with E-state index in [2.05, 4.69) is 9.97 Å². The van der Waals surface area contributed by atoms with E-state index in [0.29, 0.717) is 25.3 Å².